The number of carbonyl (C=O) groups excluding carboxylic acids is 1. The topological polar surface area (TPSA) is 70.1 Å². The second kappa shape index (κ2) is 10.4. The smallest absolute Gasteiger partial charge is 0.320 e. The number of carbonyl (C=O) groups is 2. The van der Waals surface area contributed by atoms with E-state index in [9.17, 15) is 9.59 Å². The molecule has 6 nitrogen and oxygen atoms in total. The van der Waals surface area contributed by atoms with E-state index >= 15 is 0 Å². The molecule has 0 aromatic carbocycles. The number of carboxylic acids is 1. The fourth-order valence-electron chi connectivity index (χ4n) is 2.52. The van der Waals surface area contributed by atoms with Gasteiger partial charge in [0.25, 0.3) is 0 Å². The molecule has 0 fully saturated rings. The van der Waals surface area contributed by atoms with Crippen LogP contribution in [0.3, 0.4) is 0 Å². The molecule has 0 saturated carbocycles. The molecule has 0 rings (SSSR count). The predicted molar refractivity (Wildman–Crippen MR) is 82.4 cm³/mol. The maximum atomic E-state index is 12.8. The first kappa shape index (κ1) is 19.7. The third kappa shape index (κ3) is 6.33. The monoisotopic (exact) mass is 302 g/mol. The van der Waals surface area contributed by atoms with Gasteiger partial charge in [-0.2, -0.15) is 0 Å². The Morgan fingerprint density at radius 2 is 1.71 bits per heavy atom. The number of hydrogen-bond donors (Lipinski definition) is 1. The highest BCUT2D eigenvalue weighted by molar-refractivity contribution is 5.76. The summed E-state index contributed by atoms with van der Waals surface area (Å²) in [6, 6.07) is -0.268. The molecule has 1 N–H and O–H groups in total. The van der Waals surface area contributed by atoms with Crippen molar-refractivity contribution in [3.63, 3.8) is 0 Å². The molecule has 124 valence electrons. The summed E-state index contributed by atoms with van der Waals surface area (Å²) >= 11 is 0. The molecule has 0 aliphatic carbocycles. The van der Waals surface area contributed by atoms with Crippen molar-refractivity contribution >= 4 is 12.0 Å². The van der Waals surface area contributed by atoms with Crippen LogP contribution in [0.5, 0.6) is 0 Å². The van der Waals surface area contributed by atoms with E-state index < -0.39 is 5.97 Å². The van der Waals surface area contributed by atoms with Crippen LogP contribution in [0.1, 0.15) is 47.0 Å². The van der Waals surface area contributed by atoms with E-state index in [1.807, 2.05) is 11.8 Å². The van der Waals surface area contributed by atoms with Crippen molar-refractivity contribution in [2.45, 2.75) is 59.0 Å². The van der Waals surface area contributed by atoms with Crippen LogP contribution in [0.15, 0.2) is 0 Å². The number of ether oxygens (including phenoxy) is 1. The summed E-state index contributed by atoms with van der Waals surface area (Å²) in [5.41, 5.74) is 0. The number of urea groups is 1. The van der Waals surface area contributed by atoms with Crippen molar-refractivity contribution in [3.8, 4) is 0 Å². The van der Waals surface area contributed by atoms with Gasteiger partial charge in [-0.15, -0.1) is 0 Å². The zero-order valence-electron chi connectivity index (χ0n) is 14.0. The van der Waals surface area contributed by atoms with Gasteiger partial charge in [-0.3, -0.25) is 4.79 Å². The fourth-order valence-corrected chi connectivity index (χ4v) is 2.52. The molecule has 0 bridgehead atoms. The summed E-state index contributed by atoms with van der Waals surface area (Å²) in [5.74, 6) is -0.889. The lowest BCUT2D eigenvalue weighted by molar-refractivity contribution is -0.138. The first-order valence-corrected chi connectivity index (χ1v) is 7.70. The maximum Gasteiger partial charge on any atom is 0.320 e. The van der Waals surface area contributed by atoms with E-state index in [2.05, 4.69) is 13.8 Å². The predicted octanol–water partition coefficient (Wildman–Crippen LogP) is 2.43. The highest BCUT2D eigenvalue weighted by Crippen LogP contribution is 2.15. The van der Waals surface area contributed by atoms with Crippen LogP contribution in [0.4, 0.5) is 4.79 Å². The van der Waals surface area contributed by atoms with E-state index in [0.29, 0.717) is 19.7 Å². The quantitative estimate of drug-likeness (QED) is 0.673. The number of methoxy groups -OCH3 is 1. The third-order valence-electron chi connectivity index (χ3n) is 3.75. The van der Waals surface area contributed by atoms with Crippen LogP contribution in [-0.4, -0.2) is 65.8 Å². The molecule has 0 heterocycles. The number of nitrogens with zero attached hydrogens (tertiary/aromatic N) is 2. The van der Waals surface area contributed by atoms with E-state index in [1.165, 1.54) is 0 Å². The maximum absolute atomic E-state index is 12.8. The molecule has 1 atom stereocenters. The van der Waals surface area contributed by atoms with Crippen LogP contribution < -0.4 is 0 Å². The van der Waals surface area contributed by atoms with Crippen molar-refractivity contribution in [1.82, 2.24) is 9.80 Å². The summed E-state index contributed by atoms with van der Waals surface area (Å²) < 4.78 is 5.09. The van der Waals surface area contributed by atoms with Gasteiger partial charge in [0.1, 0.15) is 0 Å². The van der Waals surface area contributed by atoms with Gasteiger partial charge in [0.05, 0.1) is 13.0 Å². The van der Waals surface area contributed by atoms with Crippen LogP contribution in [0.25, 0.3) is 0 Å². The molecule has 0 radical (unpaired) electrons. The van der Waals surface area contributed by atoms with E-state index in [0.717, 1.165) is 12.8 Å². The van der Waals surface area contributed by atoms with Crippen molar-refractivity contribution in [2.75, 3.05) is 26.8 Å². The molecular weight excluding hydrogens is 272 g/mol. The van der Waals surface area contributed by atoms with Gasteiger partial charge in [-0.05, 0) is 26.7 Å². The second-order valence-corrected chi connectivity index (χ2v) is 5.17. The molecule has 0 aromatic rings. The molecule has 0 aromatic heterocycles. The highest BCUT2D eigenvalue weighted by Gasteiger charge is 2.28. The number of amides is 2. The Morgan fingerprint density at radius 1 is 1.14 bits per heavy atom. The summed E-state index contributed by atoms with van der Waals surface area (Å²) in [7, 11) is 1.61. The lowest BCUT2D eigenvalue weighted by Crippen LogP contribution is -2.52. The lowest BCUT2D eigenvalue weighted by atomic mass is 10.1. The number of rotatable bonds is 10. The van der Waals surface area contributed by atoms with Crippen molar-refractivity contribution in [2.24, 2.45) is 0 Å². The minimum absolute atomic E-state index is 0.0411. The zero-order valence-corrected chi connectivity index (χ0v) is 14.0. The van der Waals surface area contributed by atoms with Gasteiger partial charge >= 0.3 is 12.0 Å². The Balaban J connectivity index is 5.06. The van der Waals surface area contributed by atoms with Gasteiger partial charge in [0, 0.05) is 32.3 Å². The molecule has 2 amide bonds. The van der Waals surface area contributed by atoms with E-state index in [4.69, 9.17) is 9.84 Å². The third-order valence-corrected chi connectivity index (χ3v) is 3.75. The molecule has 0 aliphatic rings. The SMILES string of the molecule is CCC(CC)N(CCOC)C(=O)N(CC)C(C)CC(=O)O. The molecular formula is C15H30N2O4. The first-order chi connectivity index (χ1) is 9.92. The summed E-state index contributed by atoms with van der Waals surface area (Å²) in [4.78, 5) is 27.1. The number of aliphatic carboxylic acids is 1. The summed E-state index contributed by atoms with van der Waals surface area (Å²) in [6.45, 7) is 9.26. The van der Waals surface area contributed by atoms with Gasteiger partial charge < -0.3 is 19.6 Å². The van der Waals surface area contributed by atoms with E-state index in [1.54, 1.807) is 18.9 Å². The van der Waals surface area contributed by atoms with Crippen LogP contribution in [-0.2, 0) is 9.53 Å². The summed E-state index contributed by atoms with van der Waals surface area (Å²) in [6.07, 6.45) is 1.70. The largest absolute Gasteiger partial charge is 0.481 e. The first-order valence-electron chi connectivity index (χ1n) is 7.70. The van der Waals surface area contributed by atoms with Crippen LogP contribution >= 0.6 is 0 Å². The summed E-state index contributed by atoms with van der Waals surface area (Å²) in [5, 5.41) is 8.92. The van der Waals surface area contributed by atoms with Crippen molar-refractivity contribution in [3.05, 3.63) is 0 Å². The van der Waals surface area contributed by atoms with Gasteiger partial charge in [-0.1, -0.05) is 13.8 Å². The molecule has 21 heavy (non-hydrogen) atoms. The Morgan fingerprint density at radius 3 is 2.10 bits per heavy atom. The standard InChI is InChI=1S/C15H30N2O4/c1-6-13(7-2)17(9-10-21-5)15(20)16(8-3)12(4)11-14(18)19/h12-13H,6-11H2,1-5H3,(H,18,19). The molecule has 1 unspecified atom stereocenters. The van der Waals surface area contributed by atoms with Gasteiger partial charge in [0.15, 0.2) is 0 Å². The fraction of sp³-hybridized carbons (Fsp3) is 0.867. The minimum atomic E-state index is -0.889. The average molecular weight is 302 g/mol. The molecule has 0 spiro atoms. The van der Waals surface area contributed by atoms with Crippen LogP contribution in [0, 0.1) is 0 Å². The Kier molecular flexibility index (Phi) is 9.78. The Labute approximate surface area is 128 Å². The minimum Gasteiger partial charge on any atom is -0.481 e. The van der Waals surface area contributed by atoms with Crippen LogP contribution in [0.2, 0.25) is 0 Å². The Hall–Kier alpha value is -1.30. The number of hydrogen-bond acceptors (Lipinski definition) is 3. The molecule has 6 heteroatoms. The van der Waals surface area contributed by atoms with Gasteiger partial charge in [-0.25, -0.2) is 4.79 Å². The molecule has 0 aliphatic heterocycles. The second-order valence-electron chi connectivity index (χ2n) is 5.17. The van der Waals surface area contributed by atoms with Crippen molar-refractivity contribution in [1.29, 1.82) is 0 Å². The van der Waals surface area contributed by atoms with Gasteiger partial charge in [0.2, 0.25) is 0 Å². The normalized spacial score (nSPS) is 12.3. The van der Waals surface area contributed by atoms with Crippen molar-refractivity contribution < 1.29 is 19.4 Å². The van der Waals surface area contributed by atoms with E-state index in [-0.39, 0.29) is 24.5 Å². The zero-order chi connectivity index (χ0) is 16.4. The number of carboxylic acid groups (broad SMARTS) is 1. The lowest BCUT2D eigenvalue weighted by Gasteiger charge is -2.37. The molecule has 0 saturated heterocycles. The average Bonchev–Trinajstić information content (AvgIpc) is 2.43. The highest BCUT2D eigenvalue weighted by atomic mass is 16.5. The Bertz CT molecular complexity index is 319.